The van der Waals surface area contributed by atoms with Crippen molar-refractivity contribution in [1.29, 1.82) is 0 Å². The molecular weight excluding hydrogens is 310 g/mol. The van der Waals surface area contributed by atoms with Crippen LogP contribution >= 0.6 is 11.6 Å². The van der Waals surface area contributed by atoms with Crippen molar-refractivity contribution in [2.75, 3.05) is 12.4 Å². The van der Waals surface area contributed by atoms with Crippen LogP contribution in [-0.2, 0) is 11.3 Å². The van der Waals surface area contributed by atoms with E-state index in [1.165, 1.54) is 24.0 Å². The minimum atomic E-state index is -0.193. The lowest BCUT2D eigenvalue weighted by Gasteiger charge is -2.25. The van der Waals surface area contributed by atoms with Crippen molar-refractivity contribution in [3.05, 3.63) is 35.4 Å². The fourth-order valence-corrected chi connectivity index (χ4v) is 3.80. The highest BCUT2D eigenvalue weighted by molar-refractivity contribution is 6.27. The lowest BCUT2D eigenvalue weighted by atomic mass is 10.0. The van der Waals surface area contributed by atoms with Gasteiger partial charge in [0, 0.05) is 13.1 Å². The minimum absolute atomic E-state index is 0.0176. The Bertz CT molecular complexity index is 544. The SMILES string of the molecule is O=C(CCl)N(CC[C@@H]1CCC[C@H]1O)Cc1cccc(C2CC2)c1. The predicted octanol–water partition coefficient (Wildman–Crippen LogP) is 3.68. The van der Waals surface area contributed by atoms with Crippen molar-refractivity contribution in [2.45, 2.75) is 57.1 Å². The number of aliphatic hydroxyl groups is 1. The summed E-state index contributed by atoms with van der Waals surface area (Å²) in [5, 5.41) is 9.96. The molecule has 2 aliphatic rings. The number of hydrogen-bond acceptors (Lipinski definition) is 2. The monoisotopic (exact) mass is 335 g/mol. The smallest absolute Gasteiger partial charge is 0.237 e. The minimum Gasteiger partial charge on any atom is -0.393 e. The maximum Gasteiger partial charge on any atom is 0.237 e. The van der Waals surface area contributed by atoms with Gasteiger partial charge in [0.05, 0.1) is 6.10 Å². The summed E-state index contributed by atoms with van der Waals surface area (Å²) in [7, 11) is 0. The van der Waals surface area contributed by atoms with Gasteiger partial charge >= 0.3 is 0 Å². The van der Waals surface area contributed by atoms with Crippen LogP contribution in [0.5, 0.6) is 0 Å². The summed E-state index contributed by atoms with van der Waals surface area (Å²) in [5.41, 5.74) is 2.58. The summed E-state index contributed by atoms with van der Waals surface area (Å²) in [6.45, 7) is 1.30. The van der Waals surface area contributed by atoms with E-state index in [1.54, 1.807) is 0 Å². The maximum absolute atomic E-state index is 12.2. The number of alkyl halides is 1. The van der Waals surface area contributed by atoms with Gasteiger partial charge in [-0.1, -0.05) is 30.7 Å². The molecule has 126 valence electrons. The van der Waals surface area contributed by atoms with E-state index in [2.05, 4.69) is 24.3 Å². The zero-order valence-corrected chi connectivity index (χ0v) is 14.3. The van der Waals surface area contributed by atoms with Gasteiger partial charge in [-0.15, -0.1) is 11.6 Å². The lowest BCUT2D eigenvalue weighted by Crippen LogP contribution is -2.34. The summed E-state index contributed by atoms with van der Waals surface area (Å²) in [5.74, 6) is 1.06. The molecule has 0 spiro atoms. The van der Waals surface area contributed by atoms with Gasteiger partial charge in [-0.05, 0) is 55.1 Å². The average Bonchev–Trinajstić information content (AvgIpc) is 3.34. The van der Waals surface area contributed by atoms with Crippen LogP contribution in [0.2, 0.25) is 0 Å². The van der Waals surface area contributed by atoms with Gasteiger partial charge in [0.2, 0.25) is 5.91 Å². The standard InChI is InChI=1S/C19H26ClNO2/c20-12-19(23)21(10-9-16-4-2-6-18(16)22)13-14-3-1-5-17(11-14)15-7-8-15/h1,3,5,11,15-16,18,22H,2,4,6-10,12-13H2/t16-,18+/m0/s1. The van der Waals surface area contributed by atoms with Crippen LogP contribution in [0.3, 0.4) is 0 Å². The molecule has 3 nitrogen and oxygen atoms in total. The van der Waals surface area contributed by atoms with Gasteiger partial charge in [0.15, 0.2) is 0 Å². The Labute approximate surface area is 143 Å². The Morgan fingerprint density at radius 1 is 1.26 bits per heavy atom. The fraction of sp³-hybridized carbons (Fsp3) is 0.632. The lowest BCUT2D eigenvalue weighted by molar-refractivity contribution is -0.129. The molecule has 2 fully saturated rings. The maximum atomic E-state index is 12.2. The number of aliphatic hydroxyl groups excluding tert-OH is 1. The molecule has 3 rings (SSSR count). The highest BCUT2D eigenvalue weighted by Crippen LogP contribution is 2.40. The molecule has 4 heteroatoms. The number of rotatable bonds is 7. The average molecular weight is 336 g/mol. The third kappa shape index (κ3) is 4.48. The summed E-state index contributed by atoms with van der Waals surface area (Å²) >= 11 is 5.79. The second-order valence-electron chi connectivity index (χ2n) is 7.02. The van der Waals surface area contributed by atoms with Gasteiger partial charge in [0.25, 0.3) is 0 Å². The van der Waals surface area contributed by atoms with Gasteiger partial charge in [-0.2, -0.15) is 0 Å². The van der Waals surface area contributed by atoms with Crippen molar-refractivity contribution in [3.63, 3.8) is 0 Å². The molecule has 2 atom stereocenters. The Morgan fingerprint density at radius 3 is 2.74 bits per heavy atom. The third-order valence-electron chi connectivity index (χ3n) is 5.23. The molecule has 0 aliphatic heterocycles. The zero-order valence-electron chi connectivity index (χ0n) is 13.6. The van der Waals surface area contributed by atoms with Crippen molar-refractivity contribution < 1.29 is 9.90 Å². The van der Waals surface area contributed by atoms with E-state index in [1.807, 2.05) is 4.90 Å². The number of carbonyl (C=O) groups is 1. The first-order valence-electron chi connectivity index (χ1n) is 8.78. The Hall–Kier alpha value is -1.06. The van der Waals surface area contributed by atoms with Gasteiger partial charge in [0.1, 0.15) is 5.88 Å². The number of hydrogen-bond donors (Lipinski definition) is 1. The van der Waals surface area contributed by atoms with Gasteiger partial charge in [-0.3, -0.25) is 4.79 Å². The molecular formula is C19H26ClNO2. The highest BCUT2D eigenvalue weighted by Gasteiger charge is 2.27. The normalized spacial score (nSPS) is 23.9. The Kier molecular flexibility index (Phi) is 5.60. The Morgan fingerprint density at radius 2 is 2.09 bits per heavy atom. The first kappa shape index (κ1) is 16.8. The molecule has 0 unspecified atom stereocenters. The summed E-state index contributed by atoms with van der Waals surface area (Å²) < 4.78 is 0. The van der Waals surface area contributed by atoms with Crippen molar-refractivity contribution >= 4 is 17.5 Å². The number of nitrogens with zero attached hydrogens (tertiary/aromatic N) is 1. The van der Waals surface area contributed by atoms with E-state index < -0.39 is 0 Å². The van der Waals surface area contributed by atoms with E-state index in [9.17, 15) is 9.90 Å². The topological polar surface area (TPSA) is 40.5 Å². The van der Waals surface area contributed by atoms with Gasteiger partial charge < -0.3 is 10.0 Å². The second-order valence-corrected chi connectivity index (χ2v) is 7.28. The van der Waals surface area contributed by atoms with Crippen LogP contribution < -0.4 is 0 Å². The largest absolute Gasteiger partial charge is 0.393 e. The molecule has 1 aromatic rings. The third-order valence-corrected chi connectivity index (χ3v) is 5.46. The summed E-state index contributed by atoms with van der Waals surface area (Å²) in [6.07, 6.45) is 6.31. The van der Waals surface area contributed by atoms with Crippen LogP contribution in [0, 0.1) is 5.92 Å². The van der Waals surface area contributed by atoms with E-state index >= 15 is 0 Å². The summed E-state index contributed by atoms with van der Waals surface area (Å²) in [4.78, 5) is 14.0. The van der Waals surface area contributed by atoms with E-state index in [0.29, 0.717) is 19.0 Å². The first-order chi connectivity index (χ1) is 11.2. The van der Waals surface area contributed by atoms with Crippen LogP contribution in [0.15, 0.2) is 24.3 Å². The van der Waals surface area contributed by atoms with Gasteiger partial charge in [-0.25, -0.2) is 0 Å². The quantitative estimate of drug-likeness (QED) is 0.772. The molecule has 1 amide bonds. The fourth-order valence-electron chi connectivity index (χ4n) is 3.63. The molecule has 0 saturated heterocycles. The molecule has 1 N–H and O–H groups in total. The number of amides is 1. The van der Waals surface area contributed by atoms with Crippen LogP contribution in [0.1, 0.15) is 55.6 Å². The first-order valence-corrected chi connectivity index (χ1v) is 9.31. The van der Waals surface area contributed by atoms with Crippen molar-refractivity contribution in [1.82, 2.24) is 4.90 Å². The molecule has 0 radical (unpaired) electrons. The van der Waals surface area contributed by atoms with Crippen LogP contribution in [0.4, 0.5) is 0 Å². The number of carbonyl (C=O) groups excluding carboxylic acids is 1. The van der Waals surface area contributed by atoms with E-state index in [-0.39, 0.29) is 17.9 Å². The number of halogens is 1. The van der Waals surface area contributed by atoms with E-state index in [4.69, 9.17) is 11.6 Å². The second kappa shape index (κ2) is 7.67. The van der Waals surface area contributed by atoms with Crippen molar-refractivity contribution in [3.8, 4) is 0 Å². The number of benzene rings is 1. The molecule has 1 aromatic carbocycles. The van der Waals surface area contributed by atoms with E-state index in [0.717, 1.165) is 31.6 Å². The highest BCUT2D eigenvalue weighted by atomic mass is 35.5. The molecule has 23 heavy (non-hydrogen) atoms. The molecule has 0 heterocycles. The molecule has 2 saturated carbocycles. The molecule has 0 bridgehead atoms. The molecule has 0 aromatic heterocycles. The van der Waals surface area contributed by atoms with Crippen LogP contribution in [0.25, 0.3) is 0 Å². The predicted molar refractivity (Wildman–Crippen MR) is 92.5 cm³/mol. The Balaban J connectivity index is 1.61. The summed E-state index contributed by atoms with van der Waals surface area (Å²) in [6, 6.07) is 8.60. The van der Waals surface area contributed by atoms with Crippen molar-refractivity contribution in [2.24, 2.45) is 5.92 Å². The zero-order chi connectivity index (χ0) is 16.2. The molecule has 2 aliphatic carbocycles. The van der Waals surface area contributed by atoms with Crippen LogP contribution in [-0.4, -0.2) is 34.4 Å².